The summed E-state index contributed by atoms with van der Waals surface area (Å²) in [6.45, 7) is 0. The van der Waals surface area contributed by atoms with Crippen molar-refractivity contribution in [2.75, 3.05) is 14.2 Å². The summed E-state index contributed by atoms with van der Waals surface area (Å²) in [4.78, 5) is 39.0. The molecule has 9 heteroatoms. The third-order valence-electron chi connectivity index (χ3n) is 3.79. The molecule has 9 nitrogen and oxygen atoms in total. The van der Waals surface area contributed by atoms with Crippen LogP contribution in [0.2, 0.25) is 0 Å². The Morgan fingerprint density at radius 3 is 2.54 bits per heavy atom. The quantitative estimate of drug-likeness (QED) is 0.298. The highest BCUT2D eigenvalue weighted by molar-refractivity contribution is 6.07. The van der Waals surface area contributed by atoms with Gasteiger partial charge in [-0.15, -0.1) is 0 Å². The number of ether oxygens (including phenoxy) is 2. The lowest BCUT2D eigenvalue weighted by Crippen LogP contribution is -2.09. The highest BCUT2D eigenvalue weighted by Gasteiger charge is 2.21. The normalized spacial score (nSPS) is 10.5. The molecule has 0 unspecified atom stereocenters. The Labute approximate surface area is 146 Å². The summed E-state index contributed by atoms with van der Waals surface area (Å²) in [5.74, 6) is -0.991. The maximum Gasteiger partial charge on any atom is 0.339 e. The first-order valence-electron chi connectivity index (χ1n) is 7.39. The van der Waals surface area contributed by atoms with Gasteiger partial charge >= 0.3 is 11.7 Å². The van der Waals surface area contributed by atoms with E-state index in [1.807, 2.05) is 0 Å². The number of hydrogen-bond acceptors (Lipinski definition) is 7. The van der Waals surface area contributed by atoms with Crippen molar-refractivity contribution in [3.63, 3.8) is 0 Å². The lowest BCUT2D eigenvalue weighted by molar-refractivity contribution is -0.385. The number of benzene rings is 1. The summed E-state index contributed by atoms with van der Waals surface area (Å²) in [5.41, 5.74) is 0.789. The number of rotatable bonds is 5. The molecule has 1 aromatic carbocycles. The Morgan fingerprint density at radius 2 is 1.88 bits per heavy atom. The van der Waals surface area contributed by atoms with E-state index in [1.165, 1.54) is 49.2 Å². The van der Waals surface area contributed by atoms with Gasteiger partial charge in [0.15, 0.2) is 11.6 Å². The van der Waals surface area contributed by atoms with Crippen molar-refractivity contribution < 1.29 is 24.0 Å². The van der Waals surface area contributed by atoms with Gasteiger partial charge in [0.2, 0.25) is 5.78 Å². The van der Waals surface area contributed by atoms with Crippen LogP contribution in [0.4, 0.5) is 5.69 Å². The maximum absolute atomic E-state index is 12.8. The van der Waals surface area contributed by atoms with Gasteiger partial charge in [-0.2, -0.15) is 0 Å². The molecule has 0 atom stereocenters. The van der Waals surface area contributed by atoms with Crippen LogP contribution in [0.3, 0.4) is 0 Å². The molecule has 0 bridgehead atoms. The average molecular weight is 355 g/mol. The Kier molecular flexibility index (Phi) is 4.36. The van der Waals surface area contributed by atoms with Crippen LogP contribution >= 0.6 is 0 Å². The van der Waals surface area contributed by atoms with Crippen LogP contribution in [0.25, 0.3) is 5.52 Å². The molecule has 3 aromatic rings. The highest BCUT2D eigenvalue weighted by Crippen LogP contribution is 2.28. The van der Waals surface area contributed by atoms with Gasteiger partial charge in [0, 0.05) is 17.8 Å². The first-order valence-corrected chi connectivity index (χ1v) is 7.39. The number of fused-ring (bicyclic) bond motifs is 1. The molecular weight excluding hydrogens is 342 g/mol. The summed E-state index contributed by atoms with van der Waals surface area (Å²) in [6.07, 6.45) is 2.93. The first-order chi connectivity index (χ1) is 12.5. The number of carbonyl (C=O) groups is 2. The van der Waals surface area contributed by atoms with Crippen molar-refractivity contribution in [1.82, 2.24) is 9.38 Å². The van der Waals surface area contributed by atoms with Gasteiger partial charge in [-0.05, 0) is 24.3 Å². The van der Waals surface area contributed by atoms with E-state index in [4.69, 9.17) is 4.74 Å². The zero-order valence-corrected chi connectivity index (χ0v) is 13.8. The summed E-state index contributed by atoms with van der Waals surface area (Å²) in [6, 6.07) is 7.00. The van der Waals surface area contributed by atoms with Gasteiger partial charge in [-0.3, -0.25) is 19.3 Å². The molecule has 132 valence electrons. The summed E-state index contributed by atoms with van der Waals surface area (Å²) in [7, 11) is 2.54. The summed E-state index contributed by atoms with van der Waals surface area (Å²) >= 11 is 0. The van der Waals surface area contributed by atoms with Crippen molar-refractivity contribution in [3.8, 4) is 5.75 Å². The van der Waals surface area contributed by atoms with Crippen LogP contribution in [0.15, 0.2) is 42.7 Å². The van der Waals surface area contributed by atoms with Crippen LogP contribution in [0.5, 0.6) is 5.75 Å². The topological polar surface area (TPSA) is 113 Å². The SMILES string of the molecule is COC(=O)c1ccc2cnc(C(=O)c3ccc([N+](=O)[O-])c(OC)c3)n2c1. The predicted octanol–water partition coefficient (Wildman–Crippen LogP) is 2.27. The summed E-state index contributed by atoms with van der Waals surface area (Å²) in [5, 5.41) is 11.0. The molecule has 0 aliphatic rings. The van der Waals surface area contributed by atoms with Crippen LogP contribution in [0, 0.1) is 10.1 Å². The molecule has 0 amide bonds. The van der Waals surface area contributed by atoms with E-state index in [2.05, 4.69) is 9.72 Å². The molecule has 26 heavy (non-hydrogen) atoms. The fourth-order valence-electron chi connectivity index (χ4n) is 2.50. The Bertz CT molecular complexity index is 1040. The Hall–Kier alpha value is -3.75. The zero-order chi connectivity index (χ0) is 18.8. The molecule has 0 aliphatic heterocycles. The van der Waals surface area contributed by atoms with E-state index >= 15 is 0 Å². The average Bonchev–Trinajstić information content (AvgIpc) is 3.09. The van der Waals surface area contributed by atoms with E-state index in [0.717, 1.165) is 0 Å². The molecular formula is C17H13N3O6. The number of methoxy groups -OCH3 is 2. The standard InChI is InChI=1S/C17H13N3O6/c1-25-14-7-10(4-6-13(14)20(23)24)15(21)16-18-8-12-5-3-11(9-19(12)16)17(22)26-2/h3-9H,1-2H3. The van der Waals surface area contributed by atoms with Gasteiger partial charge in [0.05, 0.1) is 36.4 Å². The van der Waals surface area contributed by atoms with E-state index < -0.39 is 16.7 Å². The minimum atomic E-state index is -0.597. The van der Waals surface area contributed by atoms with Crippen LogP contribution < -0.4 is 4.74 Å². The van der Waals surface area contributed by atoms with Gasteiger partial charge in [0.1, 0.15) is 0 Å². The minimum Gasteiger partial charge on any atom is -0.490 e. The Morgan fingerprint density at radius 1 is 1.15 bits per heavy atom. The van der Waals surface area contributed by atoms with Crippen LogP contribution in [-0.2, 0) is 4.74 Å². The van der Waals surface area contributed by atoms with Gasteiger partial charge in [0.25, 0.3) is 0 Å². The Balaban J connectivity index is 2.07. The van der Waals surface area contributed by atoms with E-state index in [1.54, 1.807) is 12.1 Å². The largest absolute Gasteiger partial charge is 0.490 e. The minimum absolute atomic E-state index is 0.0306. The van der Waals surface area contributed by atoms with Gasteiger partial charge in [-0.25, -0.2) is 9.78 Å². The number of carbonyl (C=O) groups excluding carboxylic acids is 2. The smallest absolute Gasteiger partial charge is 0.339 e. The van der Waals surface area contributed by atoms with Crippen molar-refractivity contribution in [2.45, 2.75) is 0 Å². The first kappa shape index (κ1) is 17.1. The molecule has 0 saturated carbocycles. The van der Waals surface area contributed by atoms with Crippen LogP contribution in [-0.4, -0.2) is 40.3 Å². The monoisotopic (exact) mass is 355 g/mol. The number of imidazole rings is 1. The molecule has 3 rings (SSSR count). The molecule has 0 spiro atoms. The lowest BCUT2D eigenvalue weighted by atomic mass is 10.1. The molecule has 0 N–H and O–H groups in total. The van der Waals surface area contributed by atoms with E-state index in [9.17, 15) is 19.7 Å². The summed E-state index contributed by atoms with van der Waals surface area (Å²) < 4.78 is 11.1. The van der Waals surface area contributed by atoms with E-state index in [0.29, 0.717) is 5.52 Å². The number of esters is 1. The fourth-order valence-corrected chi connectivity index (χ4v) is 2.50. The molecule has 0 radical (unpaired) electrons. The van der Waals surface area contributed by atoms with Gasteiger partial charge < -0.3 is 9.47 Å². The van der Waals surface area contributed by atoms with Crippen LogP contribution in [0.1, 0.15) is 26.5 Å². The second-order valence-electron chi connectivity index (χ2n) is 5.26. The molecule has 2 heterocycles. The van der Waals surface area contributed by atoms with Crippen molar-refractivity contribution in [1.29, 1.82) is 0 Å². The fraction of sp³-hybridized carbons (Fsp3) is 0.118. The molecule has 0 fully saturated rings. The van der Waals surface area contributed by atoms with Crippen molar-refractivity contribution in [3.05, 3.63) is 69.8 Å². The lowest BCUT2D eigenvalue weighted by Gasteiger charge is -2.06. The highest BCUT2D eigenvalue weighted by atomic mass is 16.6. The number of nitro groups is 1. The number of pyridine rings is 1. The second kappa shape index (κ2) is 6.63. The van der Waals surface area contributed by atoms with Crippen molar-refractivity contribution >= 4 is 23.0 Å². The molecule has 0 aliphatic carbocycles. The maximum atomic E-state index is 12.8. The van der Waals surface area contributed by atoms with Gasteiger partial charge in [-0.1, -0.05) is 0 Å². The molecule has 0 saturated heterocycles. The van der Waals surface area contributed by atoms with Crippen molar-refractivity contribution in [2.24, 2.45) is 0 Å². The predicted molar refractivity (Wildman–Crippen MR) is 89.6 cm³/mol. The third kappa shape index (κ3) is 2.86. The number of hydrogen-bond donors (Lipinski definition) is 0. The third-order valence-corrected chi connectivity index (χ3v) is 3.79. The zero-order valence-electron chi connectivity index (χ0n) is 13.8. The second-order valence-corrected chi connectivity index (χ2v) is 5.26. The molecule has 2 aromatic heterocycles. The number of nitrogens with zero attached hydrogens (tertiary/aromatic N) is 3. The number of ketones is 1. The van der Waals surface area contributed by atoms with E-state index in [-0.39, 0.29) is 28.4 Å². The number of nitro benzene ring substituents is 1. The number of aromatic nitrogens is 2.